The van der Waals surface area contributed by atoms with Gasteiger partial charge in [0.05, 0.1) is 16.1 Å². The van der Waals surface area contributed by atoms with E-state index in [1.54, 1.807) is 72.8 Å². The Hall–Kier alpha value is -3.12. The molecule has 0 bridgehead atoms. The SMILES string of the molecule is Cc1ccc(S(=O)(=O)N(OC(=O)c2ccccc2)c2ccccc2)cc1. The van der Waals surface area contributed by atoms with Crippen molar-refractivity contribution in [3.63, 3.8) is 0 Å². The summed E-state index contributed by atoms with van der Waals surface area (Å²) in [7, 11) is -4.08. The van der Waals surface area contributed by atoms with Gasteiger partial charge in [-0.3, -0.25) is 0 Å². The first-order chi connectivity index (χ1) is 12.5. The maximum atomic E-state index is 13.1. The minimum atomic E-state index is -4.08. The van der Waals surface area contributed by atoms with Crippen molar-refractivity contribution >= 4 is 21.7 Å². The van der Waals surface area contributed by atoms with Crippen molar-refractivity contribution in [1.29, 1.82) is 0 Å². The third kappa shape index (κ3) is 3.75. The van der Waals surface area contributed by atoms with Crippen LogP contribution in [0.2, 0.25) is 0 Å². The van der Waals surface area contributed by atoms with E-state index in [1.807, 2.05) is 6.92 Å². The van der Waals surface area contributed by atoms with Gasteiger partial charge < -0.3 is 4.84 Å². The molecule has 3 aromatic rings. The van der Waals surface area contributed by atoms with E-state index in [2.05, 4.69) is 0 Å². The second kappa shape index (κ2) is 7.41. The molecule has 0 aliphatic heterocycles. The summed E-state index contributed by atoms with van der Waals surface area (Å²) >= 11 is 0. The fourth-order valence-corrected chi connectivity index (χ4v) is 3.54. The second-order valence-corrected chi connectivity index (χ2v) is 7.38. The number of carbonyl (C=O) groups excluding carboxylic acids is 1. The van der Waals surface area contributed by atoms with Crippen molar-refractivity contribution < 1.29 is 18.0 Å². The number of carbonyl (C=O) groups is 1. The summed E-state index contributed by atoms with van der Waals surface area (Å²) in [5, 5.41) is 0. The van der Waals surface area contributed by atoms with Crippen molar-refractivity contribution in [3.05, 3.63) is 96.1 Å². The summed E-state index contributed by atoms with van der Waals surface area (Å²) in [5.74, 6) is -0.759. The molecule has 0 aliphatic carbocycles. The molecule has 0 unspecified atom stereocenters. The molecule has 0 saturated carbocycles. The lowest BCUT2D eigenvalue weighted by Gasteiger charge is -2.22. The maximum absolute atomic E-state index is 13.1. The van der Waals surface area contributed by atoms with Gasteiger partial charge in [-0.15, -0.1) is 0 Å². The maximum Gasteiger partial charge on any atom is 0.364 e. The summed E-state index contributed by atoms with van der Waals surface area (Å²) in [4.78, 5) is 17.7. The van der Waals surface area contributed by atoms with Crippen LogP contribution >= 0.6 is 0 Å². The molecule has 0 fully saturated rings. The van der Waals surface area contributed by atoms with E-state index in [0.717, 1.165) is 5.56 Å². The molecular formula is C20H17NO4S. The van der Waals surface area contributed by atoms with Crippen LogP contribution in [-0.4, -0.2) is 14.4 Å². The van der Waals surface area contributed by atoms with Crippen molar-refractivity contribution in [1.82, 2.24) is 0 Å². The molecule has 0 spiro atoms. The molecule has 3 rings (SSSR count). The van der Waals surface area contributed by atoms with Crippen LogP contribution in [0, 0.1) is 6.92 Å². The summed E-state index contributed by atoms with van der Waals surface area (Å²) in [6.07, 6.45) is 0. The highest BCUT2D eigenvalue weighted by atomic mass is 32.2. The molecule has 0 N–H and O–H groups in total. The first-order valence-corrected chi connectivity index (χ1v) is 9.37. The largest absolute Gasteiger partial charge is 0.364 e. The molecule has 26 heavy (non-hydrogen) atoms. The number of hydrogen-bond acceptors (Lipinski definition) is 4. The predicted octanol–water partition coefficient (Wildman–Crippen LogP) is 3.96. The lowest BCUT2D eigenvalue weighted by Crippen LogP contribution is -2.33. The van der Waals surface area contributed by atoms with Crippen molar-refractivity contribution in [2.75, 3.05) is 4.47 Å². The van der Waals surface area contributed by atoms with Gasteiger partial charge in [-0.05, 0) is 43.3 Å². The summed E-state index contributed by atoms with van der Waals surface area (Å²) in [6.45, 7) is 1.86. The third-order valence-electron chi connectivity index (χ3n) is 3.68. The Labute approximate surface area is 152 Å². The van der Waals surface area contributed by atoms with Crippen molar-refractivity contribution in [2.24, 2.45) is 0 Å². The van der Waals surface area contributed by atoms with Gasteiger partial charge >= 0.3 is 5.97 Å². The summed E-state index contributed by atoms with van der Waals surface area (Å²) in [5.41, 5.74) is 1.42. The van der Waals surface area contributed by atoms with Crippen LogP contribution in [0.4, 0.5) is 5.69 Å². The monoisotopic (exact) mass is 367 g/mol. The van der Waals surface area contributed by atoms with E-state index in [-0.39, 0.29) is 16.1 Å². The Bertz CT molecular complexity index is 985. The van der Waals surface area contributed by atoms with Gasteiger partial charge in [-0.2, -0.15) is 8.42 Å². The average molecular weight is 367 g/mol. The normalized spacial score (nSPS) is 11.0. The Morgan fingerprint density at radius 3 is 1.92 bits per heavy atom. The Balaban J connectivity index is 2.01. The minimum absolute atomic E-state index is 0.0350. The molecule has 6 heteroatoms. The molecule has 0 atom stereocenters. The molecule has 132 valence electrons. The number of para-hydroxylation sites is 1. The lowest BCUT2D eigenvalue weighted by atomic mass is 10.2. The van der Waals surface area contributed by atoms with Gasteiger partial charge in [0, 0.05) is 0 Å². The molecule has 0 radical (unpaired) electrons. The molecule has 5 nitrogen and oxygen atoms in total. The number of sulfonamides is 1. The van der Waals surface area contributed by atoms with E-state index < -0.39 is 16.0 Å². The highest BCUT2D eigenvalue weighted by Gasteiger charge is 2.29. The first-order valence-electron chi connectivity index (χ1n) is 7.93. The standard InChI is InChI=1S/C20H17NO4S/c1-16-12-14-19(15-13-16)26(23,24)21(18-10-6-3-7-11-18)25-20(22)17-8-4-2-5-9-17/h2-15H,1H3. The Kier molecular flexibility index (Phi) is 5.04. The number of rotatable bonds is 5. The zero-order valence-corrected chi connectivity index (χ0v) is 14.9. The second-order valence-electron chi connectivity index (χ2n) is 5.63. The average Bonchev–Trinajstić information content (AvgIpc) is 2.67. The van der Waals surface area contributed by atoms with Gasteiger partial charge in [-0.1, -0.05) is 58.6 Å². The summed E-state index contributed by atoms with van der Waals surface area (Å²) < 4.78 is 26.8. The van der Waals surface area contributed by atoms with Gasteiger partial charge in [0.15, 0.2) is 0 Å². The number of benzene rings is 3. The van der Waals surface area contributed by atoms with E-state index in [9.17, 15) is 13.2 Å². The topological polar surface area (TPSA) is 63.7 Å². The molecule has 3 aromatic carbocycles. The predicted molar refractivity (Wildman–Crippen MR) is 99.1 cm³/mol. The zero-order chi connectivity index (χ0) is 18.6. The fraction of sp³-hybridized carbons (Fsp3) is 0.0500. The highest BCUT2D eigenvalue weighted by molar-refractivity contribution is 7.92. The van der Waals surface area contributed by atoms with E-state index in [4.69, 9.17) is 4.84 Å². The molecule has 0 aromatic heterocycles. The lowest BCUT2D eigenvalue weighted by molar-refractivity contribution is 0.0528. The van der Waals surface area contributed by atoms with Crippen LogP contribution < -0.4 is 4.47 Å². The molecular weight excluding hydrogens is 350 g/mol. The van der Waals surface area contributed by atoms with Gasteiger partial charge in [0.25, 0.3) is 10.0 Å². The summed E-state index contributed by atoms with van der Waals surface area (Å²) in [6, 6.07) is 22.8. The van der Waals surface area contributed by atoms with Crippen LogP contribution in [0.1, 0.15) is 15.9 Å². The van der Waals surface area contributed by atoms with Gasteiger partial charge in [-0.25, -0.2) is 4.79 Å². The Morgan fingerprint density at radius 1 is 0.808 bits per heavy atom. The van der Waals surface area contributed by atoms with Crippen LogP contribution in [0.5, 0.6) is 0 Å². The van der Waals surface area contributed by atoms with Crippen molar-refractivity contribution in [3.8, 4) is 0 Å². The molecule has 0 aliphatic rings. The first kappa shape index (κ1) is 17.7. The van der Waals surface area contributed by atoms with Crippen molar-refractivity contribution in [2.45, 2.75) is 11.8 Å². The van der Waals surface area contributed by atoms with Gasteiger partial charge in [0.2, 0.25) is 0 Å². The van der Waals surface area contributed by atoms with Crippen LogP contribution in [-0.2, 0) is 14.9 Å². The Morgan fingerprint density at radius 2 is 1.35 bits per heavy atom. The van der Waals surface area contributed by atoms with E-state index in [1.165, 1.54) is 12.1 Å². The smallest absolute Gasteiger partial charge is 0.320 e. The molecule has 0 amide bonds. The zero-order valence-electron chi connectivity index (χ0n) is 14.1. The number of nitrogens with zero attached hydrogens (tertiary/aromatic N) is 1. The molecule has 0 saturated heterocycles. The third-order valence-corrected chi connectivity index (χ3v) is 5.27. The fourth-order valence-electron chi connectivity index (χ4n) is 2.30. The highest BCUT2D eigenvalue weighted by Crippen LogP contribution is 2.25. The molecule has 0 heterocycles. The quantitative estimate of drug-likeness (QED) is 0.640. The van der Waals surface area contributed by atoms with E-state index >= 15 is 0 Å². The van der Waals surface area contributed by atoms with Crippen LogP contribution in [0.15, 0.2) is 89.8 Å². The number of anilines is 1. The minimum Gasteiger partial charge on any atom is -0.320 e. The van der Waals surface area contributed by atoms with E-state index in [0.29, 0.717) is 4.47 Å². The number of aryl methyl sites for hydroxylation is 1. The number of hydrogen-bond donors (Lipinski definition) is 0. The van der Waals surface area contributed by atoms with Gasteiger partial charge in [0.1, 0.15) is 0 Å². The van der Waals surface area contributed by atoms with Crippen LogP contribution in [0.3, 0.4) is 0 Å². The van der Waals surface area contributed by atoms with Crippen LogP contribution in [0.25, 0.3) is 0 Å².